The van der Waals surface area contributed by atoms with E-state index in [1.54, 1.807) is 0 Å². The Hall–Kier alpha value is -1.94. The fraction of sp³-hybridized carbons (Fsp3) is 0.945. The molecule has 17 nitrogen and oxygen atoms in total. The summed E-state index contributed by atoms with van der Waals surface area (Å²) >= 11 is 0. The third-order valence-corrected chi connectivity index (χ3v) is 18.9. The monoisotopic (exact) mass is 1350 g/mol. The molecular formula is C73H142O17P2. The SMILES string of the molecule is CCCCCCCCCCCCCCCCCCCCCCCC(=O)O[C@H](COC(=O)CCCCCCCCCCCCCCCCC(C)C)COP(=O)(O)OC[C@@H](O)COP(=O)(O)OC[C@@H](COC(=O)CCCCCCCCC)OC(=O)CCCCCCCCC. The predicted octanol–water partition coefficient (Wildman–Crippen LogP) is 21.3. The van der Waals surface area contributed by atoms with Gasteiger partial charge in [-0.05, 0) is 31.6 Å². The molecule has 92 heavy (non-hydrogen) atoms. The number of aliphatic hydroxyl groups is 1. The van der Waals surface area contributed by atoms with Gasteiger partial charge in [-0.1, -0.05) is 330 Å². The maximum atomic E-state index is 13.1. The molecule has 0 rings (SSSR count). The van der Waals surface area contributed by atoms with E-state index in [2.05, 4.69) is 34.6 Å². The molecule has 0 saturated carbocycles. The molecule has 0 aromatic heterocycles. The summed E-state index contributed by atoms with van der Waals surface area (Å²) in [6.07, 6.45) is 54.6. The Morgan fingerprint density at radius 3 is 0.739 bits per heavy atom. The molecule has 0 radical (unpaired) electrons. The van der Waals surface area contributed by atoms with Gasteiger partial charge in [0.2, 0.25) is 0 Å². The van der Waals surface area contributed by atoms with Gasteiger partial charge in [0.05, 0.1) is 26.4 Å². The molecule has 2 unspecified atom stereocenters. The quantitative estimate of drug-likeness (QED) is 0.0222. The van der Waals surface area contributed by atoms with Gasteiger partial charge in [-0.25, -0.2) is 9.13 Å². The summed E-state index contributed by atoms with van der Waals surface area (Å²) in [4.78, 5) is 72.3. The Labute approximate surface area is 562 Å². The summed E-state index contributed by atoms with van der Waals surface area (Å²) in [5, 5.41) is 10.6. The number of rotatable bonds is 73. The molecule has 0 heterocycles. The minimum absolute atomic E-state index is 0.104. The van der Waals surface area contributed by atoms with Crippen LogP contribution in [-0.4, -0.2) is 96.7 Å². The van der Waals surface area contributed by atoms with E-state index in [4.69, 9.17) is 37.0 Å². The maximum absolute atomic E-state index is 13.1. The molecule has 3 N–H and O–H groups in total. The van der Waals surface area contributed by atoms with Crippen LogP contribution >= 0.6 is 15.6 Å². The number of hydrogen-bond acceptors (Lipinski definition) is 15. The Kier molecular flexibility index (Phi) is 64.9. The molecule has 0 saturated heterocycles. The first-order valence-corrected chi connectivity index (χ1v) is 41.1. The Bertz CT molecular complexity index is 1770. The van der Waals surface area contributed by atoms with Gasteiger partial charge in [0.25, 0.3) is 0 Å². The summed E-state index contributed by atoms with van der Waals surface area (Å²) in [5.41, 5.74) is 0. The third-order valence-electron chi connectivity index (χ3n) is 17.0. The predicted molar refractivity (Wildman–Crippen MR) is 372 cm³/mol. The molecule has 19 heteroatoms. The lowest BCUT2D eigenvalue weighted by Gasteiger charge is -2.21. The first-order valence-electron chi connectivity index (χ1n) is 38.1. The average Bonchev–Trinajstić information content (AvgIpc) is 1.84. The van der Waals surface area contributed by atoms with Crippen LogP contribution in [0.15, 0.2) is 0 Å². The van der Waals surface area contributed by atoms with Gasteiger partial charge in [-0.15, -0.1) is 0 Å². The number of carbonyl (C=O) groups is 4. The van der Waals surface area contributed by atoms with Crippen molar-refractivity contribution in [3.05, 3.63) is 0 Å². The van der Waals surface area contributed by atoms with Crippen molar-refractivity contribution in [3.63, 3.8) is 0 Å². The zero-order valence-electron chi connectivity index (χ0n) is 59.7. The van der Waals surface area contributed by atoms with E-state index >= 15 is 0 Å². The van der Waals surface area contributed by atoms with Crippen LogP contribution < -0.4 is 0 Å². The van der Waals surface area contributed by atoms with E-state index in [1.807, 2.05) is 0 Å². The number of hydrogen-bond donors (Lipinski definition) is 3. The topological polar surface area (TPSA) is 237 Å². The third kappa shape index (κ3) is 66.7. The molecule has 0 aliphatic rings. The molecular weight excluding hydrogens is 1210 g/mol. The fourth-order valence-electron chi connectivity index (χ4n) is 11.2. The number of aliphatic hydroxyl groups excluding tert-OH is 1. The van der Waals surface area contributed by atoms with Gasteiger partial charge >= 0.3 is 39.5 Å². The van der Waals surface area contributed by atoms with E-state index < -0.39 is 97.5 Å². The summed E-state index contributed by atoms with van der Waals surface area (Å²) < 4.78 is 68.1. The van der Waals surface area contributed by atoms with Crippen molar-refractivity contribution in [2.75, 3.05) is 39.6 Å². The van der Waals surface area contributed by atoms with Crippen molar-refractivity contribution < 1.29 is 80.2 Å². The van der Waals surface area contributed by atoms with Crippen LogP contribution in [0.1, 0.15) is 381 Å². The highest BCUT2D eigenvalue weighted by atomic mass is 31.2. The molecule has 0 aromatic rings. The van der Waals surface area contributed by atoms with Crippen LogP contribution in [0.2, 0.25) is 0 Å². The Morgan fingerprint density at radius 1 is 0.293 bits per heavy atom. The zero-order valence-corrected chi connectivity index (χ0v) is 61.5. The van der Waals surface area contributed by atoms with E-state index in [-0.39, 0.29) is 25.7 Å². The number of phosphoric acid groups is 2. The molecule has 5 atom stereocenters. The van der Waals surface area contributed by atoms with Gasteiger partial charge in [-0.3, -0.25) is 37.3 Å². The van der Waals surface area contributed by atoms with Gasteiger partial charge in [-0.2, -0.15) is 0 Å². The van der Waals surface area contributed by atoms with Crippen LogP contribution in [0, 0.1) is 5.92 Å². The molecule has 0 aliphatic heterocycles. The lowest BCUT2D eigenvalue weighted by Crippen LogP contribution is -2.30. The highest BCUT2D eigenvalue weighted by molar-refractivity contribution is 7.47. The number of unbranched alkanes of at least 4 members (excludes halogenated alkanes) is 45. The van der Waals surface area contributed by atoms with Crippen molar-refractivity contribution >= 4 is 39.5 Å². The first kappa shape index (κ1) is 90.1. The van der Waals surface area contributed by atoms with Crippen LogP contribution in [0.4, 0.5) is 0 Å². The highest BCUT2D eigenvalue weighted by Crippen LogP contribution is 2.45. The normalized spacial score (nSPS) is 14.0. The fourth-order valence-corrected chi connectivity index (χ4v) is 12.8. The number of ether oxygens (including phenoxy) is 4. The second kappa shape index (κ2) is 66.3. The molecule has 0 aliphatic carbocycles. The van der Waals surface area contributed by atoms with Crippen LogP contribution in [0.3, 0.4) is 0 Å². The van der Waals surface area contributed by atoms with E-state index in [0.29, 0.717) is 25.7 Å². The van der Waals surface area contributed by atoms with Crippen molar-refractivity contribution in [1.82, 2.24) is 0 Å². The lowest BCUT2D eigenvalue weighted by molar-refractivity contribution is -0.161. The summed E-state index contributed by atoms with van der Waals surface area (Å²) in [6, 6.07) is 0. The summed E-state index contributed by atoms with van der Waals surface area (Å²) in [7, 11) is -9.89. The summed E-state index contributed by atoms with van der Waals surface area (Å²) in [5.74, 6) is -1.33. The van der Waals surface area contributed by atoms with Crippen LogP contribution in [-0.2, 0) is 65.4 Å². The first-order chi connectivity index (χ1) is 44.5. The average molecular weight is 1350 g/mol. The molecule has 0 amide bonds. The van der Waals surface area contributed by atoms with Gasteiger partial charge < -0.3 is 33.8 Å². The number of phosphoric ester groups is 2. The molecule has 0 fully saturated rings. The standard InChI is InChI=1S/C73H142O17P2/c1-6-9-12-15-18-19-20-21-22-23-24-25-26-27-28-33-36-39-44-49-54-59-73(78)90-69(63-84-71(76)57-52-47-43-38-35-32-30-29-31-34-37-42-45-50-55-66(4)5)65-88-92(81,82)86-61-67(74)60-85-91(79,80)87-64-68(89-72(77)58-53-48-41-17-14-11-8-3)62-83-70(75)56-51-46-40-16-13-10-7-2/h66-69,74H,6-65H2,1-5H3,(H,79,80)(H,81,82)/t67-,68+,69+/m0/s1. The minimum atomic E-state index is -4.95. The van der Waals surface area contributed by atoms with Crippen molar-refractivity contribution in [1.29, 1.82) is 0 Å². The van der Waals surface area contributed by atoms with Gasteiger partial charge in [0, 0.05) is 25.7 Å². The van der Waals surface area contributed by atoms with E-state index in [0.717, 1.165) is 121 Å². The van der Waals surface area contributed by atoms with Gasteiger partial charge in [0.1, 0.15) is 19.3 Å². The highest BCUT2D eigenvalue weighted by Gasteiger charge is 2.30. The van der Waals surface area contributed by atoms with Crippen molar-refractivity contribution in [2.24, 2.45) is 5.92 Å². The number of esters is 4. The van der Waals surface area contributed by atoms with Crippen LogP contribution in [0.25, 0.3) is 0 Å². The lowest BCUT2D eigenvalue weighted by atomic mass is 10.0. The number of carbonyl (C=O) groups excluding carboxylic acids is 4. The van der Waals surface area contributed by atoms with E-state index in [1.165, 1.54) is 180 Å². The minimum Gasteiger partial charge on any atom is -0.462 e. The van der Waals surface area contributed by atoms with Crippen molar-refractivity contribution in [3.8, 4) is 0 Å². The molecule has 0 aromatic carbocycles. The van der Waals surface area contributed by atoms with Crippen molar-refractivity contribution in [2.45, 2.75) is 400 Å². The maximum Gasteiger partial charge on any atom is 0.472 e. The largest absolute Gasteiger partial charge is 0.472 e. The van der Waals surface area contributed by atoms with Crippen LogP contribution in [0.5, 0.6) is 0 Å². The van der Waals surface area contributed by atoms with E-state index in [9.17, 15) is 43.2 Å². The second-order valence-corrected chi connectivity index (χ2v) is 29.7. The Balaban J connectivity index is 5.11. The smallest absolute Gasteiger partial charge is 0.462 e. The molecule has 0 spiro atoms. The zero-order chi connectivity index (χ0) is 67.7. The van der Waals surface area contributed by atoms with Gasteiger partial charge in [0.15, 0.2) is 12.2 Å². The molecule has 546 valence electrons. The Morgan fingerprint density at radius 2 is 0.500 bits per heavy atom. The second-order valence-electron chi connectivity index (χ2n) is 26.8. The molecule has 0 bridgehead atoms. The summed E-state index contributed by atoms with van der Waals surface area (Å²) in [6.45, 7) is 7.20.